The summed E-state index contributed by atoms with van der Waals surface area (Å²) in [6, 6.07) is 0. The van der Waals surface area contributed by atoms with Gasteiger partial charge in [0.1, 0.15) is 5.72 Å². The standard InChI is InChI=1S/C10H21NO/c1-8-6-5-7-9(2)10(8,11-3)12-4/h8-9,11H,5-7H2,1-4H3. The van der Waals surface area contributed by atoms with Gasteiger partial charge >= 0.3 is 0 Å². The molecule has 1 aliphatic rings. The average molecular weight is 171 g/mol. The molecule has 72 valence electrons. The minimum Gasteiger partial charge on any atom is -0.363 e. The highest BCUT2D eigenvalue weighted by molar-refractivity contribution is 4.90. The molecule has 2 nitrogen and oxygen atoms in total. The lowest BCUT2D eigenvalue weighted by Crippen LogP contribution is -2.57. The summed E-state index contributed by atoms with van der Waals surface area (Å²) in [6.45, 7) is 4.55. The van der Waals surface area contributed by atoms with Crippen LogP contribution in [0.1, 0.15) is 33.1 Å². The molecule has 1 aliphatic carbocycles. The topological polar surface area (TPSA) is 21.3 Å². The van der Waals surface area contributed by atoms with E-state index in [1.54, 1.807) is 0 Å². The number of nitrogens with one attached hydrogen (secondary N) is 1. The normalized spacial score (nSPS) is 43.0. The highest BCUT2D eigenvalue weighted by Gasteiger charge is 2.42. The van der Waals surface area contributed by atoms with E-state index in [1.807, 2.05) is 14.2 Å². The Morgan fingerprint density at radius 1 is 1.25 bits per heavy atom. The van der Waals surface area contributed by atoms with Crippen LogP contribution in [-0.2, 0) is 4.74 Å². The van der Waals surface area contributed by atoms with Crippen LogP contribution in [0.2, 0.25) is 0 Å². The smallest absolute Gasteiger partial charge is 0.123 e. The quantitative estimate of drug-likeness (QED) is 0.642. The van der Waals surface area contributed by atoms with Gasteiger partial charge in [-0.25, -0.2) is 0 Å². The molecule has 1 rings (SSSR count). The Morgan fingerprint density at radius 2 is 1.75 bits per heavy atom. The van der Waals surface area contributed by atoms with Gasteiger partial charge in [-0.2, -0.15) is 0 Å². The molecule has 1 saturated carbocycles. The maximum atomic E-state index is 5.64. The maximum absolute atomic E-state index is 5.64. The molecular weight excluding hydrogens is 150 g/mol. The third kappa shape index (κ3) is 1.38. The van der Waals surface area contributed by atoms with Crippen LogP contribution in [0.5, 0.6) is 0 Å². The SMILES string of the molecule is CNC1(OC)C(C)CCCC1C. The fraction of sp³-hybridized carbons (Fsp3) is 1.00. The van der Waals surface area contributed by atoms with Gasteiger partial charge in [-0.15, -0.1) is 0 Å². The fourth-order valence-corrected chi connectivity index (χ4v) is 2.64. The van der Waals surface area contributed by atoms with Crippen LogP contribution in [0, 0.1) is 11.8 Å². The summed E-state index contributed by atoms with van der Waals surface area (Å²) in [4.78, 5) is 0. The van der Waals surface area contributed by atoms with Crippen molar-refractivity contribution in [3.8, 4) is 0 Å². The highest BCUT2D eigenvalue weighted by atomic mass is 16.5. The lowest BCUT2D eigenvalue weighted by atomic mass is 9.75. The molecule has 0 aromatic heterocycles. The minimum absolute atomic E-state index is 0.0712. The van der Waals surface area contributed by atoms with Crippen molar-refractivity contribution in [3.05, 3.63) is 0 Å². The van der Waals surface area contributed by atoms with Crippen LogP contribution < -0.4 is 5.32 Å². The number of hydrogen-bond acceptors (Lipinski definition) is 2. The first kappa shape index (κ1) is 10.0. The van der Waals surface area contributed by atoms with Crippen molar-refractivity contribution < 1.29 is 4.74 Å². The molecule has 0 amide bonds. The lowest BCUT2D eigenvalue weighted by Gasteiger charge is -2.46. The third-order valence-corrected chi connectivity index (χ3v) is 3.47. The molecule has 0 heterocycles. The van der Waals surface area contributed by atoms with Crippen molar-refractivity contribution in [1.29, 1.82) is 0 Å². The largest absolute Gasteiger partial charge is 0.363 e. The van der Waals surface area contributed by atoms with Gasteiger partial charge in [-0.3, -0.25) is 5.32 Å². The van der Waals surface area contributed by atoms with E-state index in [2.05, 4.69) is 19.2 Å². The number of rotatable bonds is 2. The maximum Gasteiger partial charge on any atom is 0.123 e. The van der Waals surface area contributed by atoms with Crippen molar-refractivity contribution in [3.63, 3.8) is 0 Å². The molecule has 0 aliphatic heterocycles. The van der Waals surface area contributed by atoms with E-state index in [1.165, 1.54) is 19.3 Å². The Morgan fingerprint density at radius 3 is 2.00 bits per heavy atom. The third-order valence-electron chi connectivity index (χ3n) is 3.47. The second-order valence-corrected chi connectivity index (χ2v) is 3.98. The molecule has 0 aromatic rings. The van der Waals surface area contributed by atoms with Gasteiger partial charge < -0.3 is 4.74 Å². The molecule has 2 heteroatoms. The number of ether oxygens (including phenoxy) is 1. The minimum atomic E-state index is -0.0712. The van der Waals surface area contributed by atoms with Crippen molar-refractivity contribution in [2.45, 2.75) is 38.8 Å². The number of methoxy groups -OCH3 is 1. The van der Waals surface area contributed by atoms with Crippen LogP contribution in [0.25, 0.3) is 0 Å². The van der Waals surface area contributed by atoms with Gasteiger partial charge in [0.05, 0.1) is 0 Å². The Balaban J connectivity index is 2.77. The molecule has 1 fully saturated rings. The monoisotopic (exact) mass is 171 g/mol. The van der Waals surface area contributed by atoms with Gasteiger partial charge in [0.25, 0.3) is 0 Å². The van der Waals surface area contributed by atoms with Crippen molar-refractivity contribution in [1.82, 2.24) is 5.32 Å². The summed E-state index contributed by atoms with van der Waals surface area (Å²) in [7, 11) is 3.82. The zero-order valence-corrected chi connectivity index (χ0v) is 8.68. The Bertz CT molecular complexity index is 131. The summed E-state index contributed by atoms with van der Waals surface area (Å²) >= 11 is 0. The van der Waals surface area contributed by atoms with Crippen LogP contribution >= 0.6 is 0 Å². The Hall–Kier alpha value is -0.0800. The summed E-state index contributed by atoms with van der Waals surface area (Å²) in [5.74, 6) is 1.24. The van der Waals surface area contributed by atoms with E-state index in [-0.39, 0.29) is 5.72 Å². The van der Waals surface area contributed by atoms with Crippen molar-refractivity contribution >= 4 is 0 Å². The molecule has 1 N–H and O–H groups in total. The Kier molecular flexibility index (Phi) is 3.13. The molecule has 0 radical (unpaired) electrons. The molecular formula is C10H21NO. The first-order chi connectivity index (χ1) is 5.67. The molecule has 0 spiro atoms. The molecule has 0 aromatic carbocycles. The molecule has 0 bridgehead atoms. The van der Waals surface area contributed by atoms with E-state index >= 15 is 0 Å². The molecule has 2 atom stereocenters. The van der Waals surface area contributed by atoms with Gasteiger partial charge in [0, 0.05) is 7.11 Å². The predicted octanol–water partition coefficient (Wildman–Crippen LogP) is 2.00. The summed E-state index contributed by atoms with van der Waals surface area (Å²) in [6.07, 6.45) is 3.90. The summed E-state index contributed by atoms with van der Waals surface area (Å²) < 4.78 is 5.64. The van der Waals surface area contributed by atoms with Gasteiger partial charge in [-0.1, -0.05) is 20.3 Å². The van der Waals surface area contributed by atoms with E-state index in [0.29, 0.717) is 11.8 Å². The van der Waals surface area contributed by atoms with E-state index in [9.17, 15) is 0 Å². The van der Waals surface area contributed by atoms with E-state index in [0.717, 1.165) is 0 Å². The van der Waals surface area contributed by atoms with E-state index < -0.39 is 0 Å². The van der Waals surface area contributed by atoms with Crippen LogP contribution in [0.4, 0.5) is 0 Å². The van der Waals surface area contributed by atoms with Crippen LogP contribution in [-0.4, -0.2) is 19.9 Å². The second kappa shape index (κ2) is 3.75. The van der Waals surface area contributed by atoms with Crippen molar-refractivity contribution in [2.24, 2.45) is 11.8 Å². The Labute approximate surface area is 75.7 Å². The predicted molar refractivity (Wildman–Crippen MR) is 51.0 cm³/mol. The van der Waals surface area contributed by atoms with Gasteiger partial charge in [-0.05, 0) is 31.7 Å². The fourth-order valence-electron chi connectivity index (χ4n) is 2.64. The lowest BCUT2D eigenvalue weighted by molar-refractivity contribution is -0.133. The summed E-state index contributed by atoms with van der Waals surface area (Å²) in [5, 5.41) is 3.34. The first-order valence-corrected chi connectivity index (χ1v) is 4.91. The first-order valence-electron chi connectivity index (χ1n) is 4.91. The molecule has 12 heavy (non-hydrogen) atoms. The van der Waals surface area contributed by atoms with Crippen LogP contribution in [0.3, 0.4) is 0 Å². The van der Waals surface area contributed by atoms with Gasteiger partial charge in [0.2, 0.25) is 0 Å². The highest BCUT2D eigenvalue weighted by Crippen LogP contribution is 2.38. The van der Waals surface area contributed by atoms with Crippen LogP contribution in [0.15, 0.2) is 0 Å². The molecule has 2 unspecified atom stereocenters. The summed E-state index contributed by atoms with van der Waals surface area (Å²) in [5.41, 5.74) is -0.0712. The zero-order chi connectivity index (χ0) is 9.19. The second-order valence-electron chi connectivity index (χ2n) is 3.98. The average Bonchev–Trinajstić information content (AvgIpc) is 2.06. The van der Waals surface area contributed by atoms with Crippen molar-refractivity contribution in [2.75, 3.05) is 14.2 Å². The van der Waals surface area contributed by atoms with E-state index in [4.69, 9.17) is 4.74 Å². The molecule has 0 saturated heterocycles. The zero-order valence-electron chi connectivity index (χ0n) is 8.68. The van der Waals surface area contributed by atoms with Gasteiger partial charge in [0.15, 0.2) is 0 Å². The number of hydrogen-bond donors (Lipinski definition) is 1.